The molecule has 0 radical (unpaired) electrons. The average Bonchev–Trinajstić information content (AvgIpc) is 2.38. The van der Waals surface area contributed by atoms with Gasteiger partial charge in [-0.1, -0.05) is 11.6 Å². The van der Waals surface area contributed by atoms with Crippen molar-refractivity contribution in [3.63, 3.8) is 0 Å². The topological polar surface area (TPSA) is 53.5 Å². The van der Waals surface area contributed by atoms with E-state index in [1.165, 1.54) is 6.92 Å². The Hall–Kier alpha value is -1.62. The number of rotatable bonds is 1. The van der Waals surface area contributed by atoms with Crippen LogP contribution in [0.3, 0.4) is 0 Å². The Labute approximate surface area is 110 Å². The van der Waals surface area contributed by atoms with Crippen molar-refractivity contribution in [1.29, 1.82) is 0 Å². The second-order valence-corrected chi connectivity index (χ2v) is 4.50. The van der Waals surface area contributed by atoms with Crippen LogP contribution in [0.4, 0.5) is 0 Å². The van der Waals surface area contributed by atoms with Gasteiger partial charge >= 0.3 is 0 Å². The molecule has 1 saturated heterocycles. The van der Waals surface area contributed by atoms with E-state index in [0.717, 1.165) is 0 Å². The Morgan fingerprint density at radius 1 is 1.22 bits per heavy atom. The van der Waals surface area contributed by atoms with Crippen molar-refractivity contribution in [1.82, 2.24) is 14.8 Å². The molecule has 2 amide bonds. The molecule has 2 rings (SSSR count). The smallest absolute Gasteiger partial charge is 0.257 e. The average molecular weight is 268 g/mol. The van der Waals surface area contributed by atoms with E-state index >= 15 is 0 Å². The van der Waals surface area contributed by atoms with E-state index in [9.17, 15) is 9.59 Å². The molecule has 18 heavy (non-hydrogen) atoms. The zero-order chi connectivity index (χ0) is 13.1. The van der Waals surface area contributed by atoms with Gasteiger partial charge in [0.2, 0.25) is 5.91 Å². The molecule has 0 atom stereocenters. The minimum Gasteiger partial charge on any atom is -0.339 e. The van der Waals surface area contributed by atoms with E-state index < -0.39 is 0 Å². The van der Waals surface area contributed by atoms with E-state index in [-0.39, 0.29) is 17.0 Å². The summed E-state index contributed by atoms with van der Waals surface area (Å²) in [6.45, 7) is 3.74. The van der Waals surface area contributed by atoms with Gasteiger partial charge < -0.3 is 9.80 Å². The quantitative estimate of drug-likeness (QED) is 0.715. The lowest BCUT2D eigenvalue weighted by atomic mass is 10.2. The molecule has 2 heterocycles. The third-order valence-corrected chi connectivity index (χ3v) is 3.30. The molecule has 1 fully saturated rings. The number of hydrogen-bond acceptors (Lipinski definition) is 3. The Morgan fingerprint density at radius 3 is 2.39 bits per heavy atom. The summed E-state index contributed by atoms with van der Waals surface area (Å²) < 4.78 is 0. The fourth-order valence-corrected chi connectivity index (χ4v) is 2.14. The molecular formula is C12H14ClN3O2. The van der Waals surface area contributed by atoms with Crippen molar-refractivity contribution in [3.05, 3.63) is 29.0 Å². The van der Waals surface area contributed by atoms with Crippen LogP contribution in [0.25, 0.3) is 0 Å². The van der Waals surface area contributed by atoms with Gasteiger partial charge in [-0.3, -0.25) is 9.59 Å². The number of hydrogen-bond donors (Lipinski definition) is 0. The molecule has 1 aliphatic heterocycles. The van der Waals surface area contributed by atoms with Crippen LogP contribution in [-0.4, -0.2) is 52.8 Å². The minimum absolute atomic E-state index is 0.0431. The highest BCUT2D eigenvalue weighted by Crippen LogP contribution is 2.15. The van der Waals surface area contributed by atoms with Crippen molar-refractivity contribution < 1.29 is 9.59 Å². The first-order chi connectivity index (χ1) is 8.59. The van der Waals surface area contributed by atoms with Crippen LogP contribution in [0.2, 0.25) is 5.15 Å². The number of aromatic nitrogens is 1. The highest BCUT2D eigenvalue weighted by atomic mass is 35.5. The monoisotopic (exact) mass is 267 g/mol. The van der Waals surface area contributed by atoms with Crippen LogP contribution in [0.1, 0.15) is 17.3 Å². The van der Waals surface area contributed by atoms with E-state index in [4.69, 9.17) is 11.6 Å². The molecule has 0 aromatic carbocycles. The van der Waals surface area contributed by atoms with Crippen LogP contribution >= 0.6 is 11.6 Å². The summed E-state index contributed by atoms with van der Waals surface area (Å²) in [5.41, 5.74) is 0.412. The van der Waals surface area contributed by atoms with Gasteiger partial charge in [-0.15, -0.1) is 0 Å². The number of carbonyl (C=O) groups is 2. The van der Waals surface area contributed by atoms with Gasteiger partial charge in [0.15, 0.2) is 0 Å². The molecule has 96 valence electrons. The van der Waals surface area contributed by atoms with Crippen LogP contribution in [0.15, 0.2) is 18.3 Å². The predicted molar refractivity (Wildman–Crippen MR) is 67.4 cm³/mol. The molecule has 1 aromatic rings. The molecule has 0 spiro atoms. The molecule has 0 unspecified atom stereocenters. The highest BCUT2D eigenvalue weighted by molar-refractivity contribution is 6.32. The largest absolute Gasteiger partial charge is 0.339 e. The van der Waals surface area contributed by atoms with Crippen LogP contribution in [0.5, 0.6) is 0 Å². The maximum absolute atomic E-state index is 12.2. The summed E-state index contributed by atoms with van der Waals surface area (Å²) in [7, 11) is 0. The first-order valence-corrected chi connectivity index (χ1v) is 6.12. The predicted octanol–water partition coefficient (Wildman–Crippen LogP) is 1.04. The van der Waals surface area contributed by atoms with Crippen molar-refractivity contribution in [2.75, 3.05) is 26.2 Å². The number of halogens is 1. The Bertz CT molecular complexity index is 470. The van der Waals surface area contributed by atoms with Crippen molar-refractivity contribution in [2.45, 2.75) is 6.92 Å². The lowest BCUT2D eigenvalue weighted by Gasteiger charge is -2.34. The fourth-order valence-electron chi connectivity index (χ4n) is 1.94. The molecule has 0 saturated carbocycles. The van der Waals surface area contributed by atoms with Crippen molar-refractivity contribution in [2.24, 2.45) is 0 Å². The van der Waals surface area contributed by atoms with E-state index in [1.807, 2.05) is 0 Å². The van der Waals surface area contributed by atoms with Gasteiger partial charge in [-0.25, -0.2) is 4.98 Å². The molecule has 0 N–H and O–H groups in total. The lowest BCUT2D eigenvalue weighted by molar-refractivity contribution is -0.130. The van der Waals surface area contributed by atoms with Crippen LogP contribution in [0, 0.1) is 0 Å². The fraction of sp³-hybridized carbons (Fsp3) is 0.417. The van der Waals surface area contributed by atoms with E-state index in [0.29, 0.717) is 31.7 Å². The number of amides is 2. The molecule has 0 bridgehead atoms. The molecule has 6 heteroatoms. The SMILES string of the molecule is CC(=O)N1CCN(C(=O)c2cccnc2Cl)CC1. The van der Waals surface area contributed by atoms with Crippen molar-refractivity contribution >= 4 is 23.4 Å². The van der Waals surface area contributed by atoms with Gasteiger partial charge in [0.25, 0.3) is 5.91 Å². The van der Waals surface area contributed by atoms with Crippen molar-refractivity contribution in [3.8, 4) is 0 Å². The van der Waals surface area contributed by atoms with Crippen LogP contribution < -0.4 is 0 Å². The van der Waals surface area contributed by atoms with Gasteiger partial charge in [-0.2, -0.15) is 0 Å². The van der Waals surface area contributed by atoms with E-state index in [1.54, 1.807) is 28.1 Å². The van der Waals surface area contributed by atoms with Crippen LogP contribution in [-0.2, 0) is 4.79 Å². The zero-order valence-corrected chi connectivity index (χ0v) is 10.9. The standard InChI is InChI=1S/C12H14ClN3O2/c1-9(17)15-5-7-16(8-6-15)12(18)10-3-2-4-14-11(10)13/h2-4H,5-8H2,1H3. The summed E-state index contributed by atoms with van der Waals surface area (Å²) in [4.78, 5) is 30.7. The van der Waals surface area contributed by atoms with Gasteiger partial charge in [0.05, 0.1) is 5.56 Å². The second kappa shape index (κ2) is 5.35. The summed E-state index contributed by atoms with van der Waals surface area (Å²) in [6.07, 6.45) is 1.55. The Balaban J connectivity index is 2.04. The lowest BCUT2D eigenvalue weighted by Crippen LogP contribution is -2.50. The number of nitrogens with zero attached hydrogens (tertiary/aromatic N) is 3. The third-order valence-electron chi connectivity index (χ3n) is 3.00. The minimum atomic E-state index is -0.128. The van der Waals surface area contributed by atoms with Gasteiger partial charge in [0, 0.05) is 39.3 Å². The normalized spacial score (nSPS) is 15.7. The number of piperazine rings is 1. The Morgan fingerprint density at radius 2 is 1.83 bits per heavy atom. The number of carbonyl (C=O) groups excluding carboxylic acids is 2. The molecule has 5 nitrogen and oxygen atoms in total. The second-order valence-electron chi connectivity index (χ2n) is 4.14. The van der Waals surface area contributed by atoms with Gasteiger partial charge in [0.1, 0.15) is 5.15 Å². The maximum atomic E-state index is 12.2. The molecule has 1 aliphatic rings. The van der Waals surface area contributed by atoms with E-state index in [2.05, 4.69) is 4.98 Å². The first kappa shape index (κ1) is 12.8. The summed E-state index contributed by atoms with van der Waals surface area (Å²) in [5, 5.41) is 0.219. The Kier molecular flexibility index (Phi) is 3.81. The van der Waals surface area contributed by atoms with Gasteiger partial charge in [-0.05, 0) is 12.1 Å². The highest BCUT2D eigenvalue weighted by Gasteiger charge is 2.24. The molecule has 0 aliphatic carbocycles. The number of pyridine rings is 1. The molecular weight excluding hydrogens is 254 g/mol. The summed E-state index contributed by atoms with van der Waals surface area (Å²) in [5.74, 6) is -0.0854. The third kappa shape index (κ3) is 2.61. The molecule has 1 aromatic heterocycles. The summed E-state index contributed by atoms with van der Waals surface area (Å²) >= 11 is 5.89. The zero-order valence-electron chi connectivity index (χ0n) is 10.1. The maximum Gasteiger partial charge on any atom is 0.257 e. The summed E-state index contributed by atoms with van der Waals surface area (Å²) in [6, 6.07) is 3.35. The first-order valence-electron chi connectivity index (χ1n) is 5.75.